The van der Waals surface area contributed by atoms with Crippen molar-refractivity contribution in [3.8, 4) is 0 Å². The van der Waals surface area contributed by atoms with E-state index in [9.17, 15) is 0 Å². The second-order valence-electron chi connectivity index (χ2n) is 4.27. The van der Waals surface area contributed by atoms with Gasteiger partial charge in [0, 0.05) is 25.0 Å². The smallest absolute Gasteiger partial charge is 0.0471 e. The summed E-state index contributed by atoms with van der Waals surface area (Å²) in [4.78, 5) is 0.293. The van der Waals surface area contributed by atoms with Gasteiger partial charge in [-0.15, -0.1) is 0 Å². The molecule has 0 bridgehead atoms. The van der Waals surface area contributed by atoms with Crippen LogP contribution in [0.4, 0.5) is 0 Å². The Morgan fingerprint density at radius 1 is 0.737 bits per heavy atom. The summed E-state index contributed by atoms with van der Waals surface area (Å²) in [5.74, 6) is 0.397. The van der Waals surface area contributed by atoms with E-state index in [0.29, 0.717) is 10.7 Å². The van der Waals surface area contributed by atoms with Gasteiger partial charge in [-0.3, -0.25) is 0 Å². The molecule has 0 radical (unpaired) electrons. The molecule has 100 valence electrons. The van der Waals surface area contributed by atoms with Crippen LogP contribution in [-0.4, -0.2) is 5.33 Å². The van der Waals surface area contributed by atoms with Crippen LogP contribution >= 0.6 is 63.7 Å². The summed E-state index contributed by atoms with van der Waals surface area (Å²) in [5.41, 5.74) is 2.61. The normalized spacial score (nSPS) is 14.1. The highest BCUT2D eigenvalue weighted by molar-refractivity contribution is 9.11. The summed E-state index contributed by atoms with van der Waals surface area (Å²) in [6.45, 7) is 0. The summed E-state index contributed by atoms with van der Waals surface area (Å²) >= 11 is 14.4. The fourth-order valence-electron chi connectivity index (χ4n) is 1.93. The van der Waals surface area contributed by atoms with Crippen molar-refractivity contribution in [3.63, 3.8) is 0 Å². The van der Waals surface area contributed by atoms with E-state index in [2.05, 4.69) is 112 Å². The lowest BCUT2D eigenvalue weighted by Crippen LogP contribution is -2.07. The molecule has 0 aliphatic heterocycles. The Hall–Kier alpha value is 0.360. The Kier molecular flexibility index (Phi) is 6.12. The van der Waals surface area contributed by atoms with E-state index in [1.54, 1.807) is 0 Å². The van der Waals surface area contributed by atoms with Crippen molar-refractivity contribution in [2.75, 3.05) is 5.33 Å². The molecule has 2 aromatic rings. The van der Waals surface area contributed by atoms with E-state index in [1.807, 2.05) is 0 Å². The zero-order valence-electron chi connectivity index (χ0n) is 9.99. The monoisotopic (exact) mass is 508 g/mol. The quantitative estimate of drug-likeness (QED) is 0.395. The Balaban J connectivity index is 2.26. The van der Waals surface area contributed by atoms with Crippen molar-refractivity contribution in [2.24, 2.45) is 0 Å². The Morgan fingerprint density at radius 3 is 1.58 bits per heavy atom. The molecule has 4 heteroatoms. The van der Waals surface area contributed by atoms with Gasteiger partial charge in [-0.1, -0.05) is 88.0 Å². The predicted molar refractivity (Wildman–Crippen MR) is 96.5 cm³/mol. The number of halogens is 4. The molecule has 0 fully saturated rings. The Bertz CT molecular complexity index is 519. The summed E-state index contributed by atoms with van der Waals surface area (Å²) in [5, 5.41) is 0.917. The first-order valence-electron chi connectivity index (χ1n) is 5.83. The average Bonchev–Trinajstić information content (AvgIpc) is 2.42. The molecule has 0 aromatic heterocycles. The lowest BCUT2D eigenvalue weighted by molar-refractivity contribution is 0.767. The molecule has 0 nitrogen and oxygen atoms in total. The minimum Gasteiger partial charge on any atom is -0.0921 e. The predicted octanol–water partition coefficient (Wildman–Crippen LogP) is 6.83. The summed E-state index contributed by atoms with van der Waals surface area (Å²) in [6.07, 6.45) is 0. The van der Waals surface area contributed by atoms with Crippen molar-refractivity contribution in [2.45, 2.75) is 10.7 Å². The highest BCUT2D eigenvalue weighted by Gasteiger charge is 2.21. The number of rotatable bonds is 4. The fraction of sp³-hybridized carbons (Fsp3) is 0.200. The van der Waals surface area contributed by atoms with Crippen LogP contribution in [0.3, 0.4) is 0 Å². The van der Waals surface area contributed by atoms with Crippen molar-refractivity contribution < 1.29 is 0 Å². The third kappa shape index (κ3) is 4.16. The van der Waals surface area contributed by atoms with Crippen LogP contribution in [0.1, 0.15) is 21.9 Å². The average molecular weight is 512 g/mol. The van der Waals surface area contributed by atoms with E-state index >= 15 is 0 Å². The molecular weight excluding hydrogens is 500 g/mol. The Labute approximate surface area is 147 Å². The van der Waals surface area contributed by atoms with Crippen molar-refractivity contribution in [3.05, 3.63) is 68.6 Å². The van der Waals surface area contributed by atoms with E-state index in [4.69, 9.17) is 0 Å². The maximum atomic E-state index is 3.84. The van der Waals surface area contributed by atoms with Gasteiger partial charge >= 0.3 is 0 Å². The van der Waals surface area contributed by atoms with Gasteiger partial charge in [-0.2, -0.15) is 0 Å². The lowest BCUT2D eigenvalue weighted by Gasteiger charge is -2.21. The third-order valence-corrected chi connectivity index (χ3v) is 5.93. The number of alkyl halides is 2. The molecule has 0 aliphatic carbocycles. The van der Waals surface area contributed by atoms with E-state index in [0.717, 1.165) is 14.3 Å². The SMILES string of the molecule is BrCC(c1ccc(Br)cc1)C(Br)c1ccc(Br)cc1. The fourth-order valence-corrected chi connectivity index (χ4v) is 4.50. The molecule has 2 unspecified atom stereocenters. The largest absolute Gasteiger partial charge is 0.0921 e. The van der Waals surface area contributed by atoms with Gasteiger partial charge < -0.3 is 0 Å². The minimum atomic E-state index is 0.293. The molecule has 2 atom stereocenters. The first-order valence-corrected chi connectivity index (χ1v) is 9.45. The van der Waals surface area contributed by atoms with E-state index in [1.165, 1.54) is 11.1 Å². The summed E-state index contributed by atoms with van der Waals surface area (Å²) < 4.78 is 2.22. The van der Waals surface area contributed by atoms with E-state index in [-0.39, 0.29) is 0 Å². The van der Waals surface area contributed by atoms with Crippen molar-refractivity contribution >= 4 is 63.7 Å². The van der Waals surface area contributed by atoms with Crippen LogP contribution in [0.25, 0.3) is 0 Å². The molecule has 0 heterocycles. The zero-order chi connectivity index (χ0) is 13.8. The zero-order valence-corrected chi connectivity index (χ0v) is 16.3. The maximum Gasteiger partial charge on any atom is 0.0471 e. The third-order valence-electron chi connectivity index (χ3n) is 3.01. The molecule has 0 spiro atoms. The Morgan fingerprint density at radius 2 is 1.16 bits per heavy atom. The van der Waals surface area contributed by atoms with Crippen LogP contribution in [0.15, 0.2) is 57.5 Å². The second-order valence-corrected chi connectivity index (χ2v) is 7.73. The second kappa shape index (κ2) is 7.39. The minimum absolute atomic E-state index is 0.293. The first kappa shape index (κ1) is 15.7. The van der Waals surface area contributed by atoms with Gasteiger partial charge in [0.05, 0.1) is 0 Å². The van der Waals surface area contributed by atoms with Crippen LogP contribution in [0, 0.1) is 0 Å². The van der Waals surface area contributed by atoms with Crippen LogP contribution in [-0.2, 0) is 0 Å². The molecule has 0 N–H and O–H groups in total. The molecule has 0 amide bonds. The summed E-state index contributed by atoms with van der Waals surface area (Å²) in [7, 11) is 0. The van der Waals surface area contributed by atoms with E-state index < -0.39 is 0 Å². The van der Waals surface area contributed by atoms with Crippen molar-refractivity contribution in [1.82, 2.24) is 0 Å². The van der Waals surface area contributed by atoms with Gasteiger partial charge in [0.1, 0.15) is 0 Å². The van der Waals surface area contributed by atoms with Crippen molar-refractivity contribution in [1.29, 1.82) is 0 Å². The number of benzene rings is 2. The number of hydrogen-bond acceptors (Lipinski definition) is 0. The molecular formula is C15H12Br4. The molecule has 0 aliphatic rings. The summed E-state index contributed by atoms with van der Waals surface area (Å²) in [6, 6.07) is 17.0. The number of hydrogen-bond donors (Lipinski definition) is 0. The van der Waals surface area contributed by atoms with Crippen LogP contribution in [0.5, 0.6) is 0 Å². The van der Waals surface area contributed by atoms with Gasteiger partial charge in [0.2, 0.25) is 0 Å². The topological polar surface area (TPSA) is 0 Å². The highest BCUT2D eigenvalue weighted by Crippen LogP contribution is 2.39. The lowest BCUT2D eigenvalue weighted by atomic mass is 9.94. The molecule has 2 aromatic carbocycles. The van der Waals surface area contributed by atoms with Gasteiger partial charge in [-0.05, 0) is 35.4 Å². The molecule has 2 rings (SSSR count). The maximum absolute atomic E-state index is 3.84. The first-order chi connectivity index (χ1) is 9.11. The van der Waals surface area contributed by atoms with Gasteiger partial charge in [0.25, 0.3) is 0 Å². The highest BCUT2D eigenvalue weighted by atomic mass is 79.9. The van der Waals surface area contributed by atoms with Crippen LogP contribution in [0.2, 0.25) is 0 Å². The molecule has 0 saturated carbocycles. The standard InChI is InChI=1S/C15H12Br4/c16-9-14(10-1-5-12(17)6-2-10)15(19)11-3-7-13(18)8-4-11/h1-8,14-15H,9H2. The molecule has 19 heavy (non-hydrogen) atoms. The van der Waals surface area contributed by atoms with Crippen LogP contribution < -0.4 is 0 Å². The van der Waals surface area contributed by atoms with Gasteiger partial charge in [0.15, 0.2) is 0 Å². The molecule has 0 saturated heterocycles. The van der Waals surface area contributed by atoms with Gasteiger partial charge in [-0.25, -0.2) is 0 Å².